The molecule has 0 unspecified atom stereocenters. The van der Waals surface area contributed by atoms with Gasteiger partial charge in [0.25, 0.3) is 0 Å². The van der Waals surface area contributed by atoms with Crippen molar-refractivity contribution in [1.82, 2.24) is 15.1 Å². The van der Waals surface area contributed by atoms with E-state index in [-0.39, 0.29) is 18.0 Å². The fourth-order valence-corrected chi connectivity index (χ4v) is 1.78. The summed E-state index contributed by atoms with van der Waals surface area (Å²) >= 11 is 0. The smallest absolute Gasteiger partial charge is 0.237 e. The molecule has 1 N–H and O–H groups in total. The summed E-state index contributed by atoms with van der Waals surface area (Å²) in [4.78, 5) is 16.3. The van der Waals surface area contributed by atoms with Gasteiger partial charge < -0.3 is 10.2 Å². The van der Waals surface area contributed by atoms with Gasteiger partial charge in [-0.25, -0.2) is 0 Å². The molecule has 1 aliphatic heterocycles. The molecule has 0 aromatic heterocycles. The van der Waals surface area contributed by atoms with Gasteiger partial charge >= 0.3 is 0 Å². The first-order valence-corrected chi connectivity index (χ1v) is 5.73. The maximum absolute atomic E-state index is 11.8. The zero-order valence-corrected chi connectivity index (χ0v) is 10.3. The van der Waals surface area contributed by atoms with Crippen molar-refractivity contribution in [1.29, 1.82) is 0 Å². The number of hydrogen-bond donors (Lipinski definition) is 1. The number of likely N-dealkylation sites (N-methyl/N-ethyl adjacent to an activating group) is 1. The minimum atomic E-state index is 0.00102. The Morgan fingerprint density at radius 1 is 1.13 bits per heavy atom. The van der Waals surface area contributed by atoms with Crippen LogP contribution in [0.1, 0.15) is 20.8 Å². The van der Waals surface area contributed by atoms with Crippen LogP contribution in [0.5, 0.6) is 0 Å². The van der Waals surface area contributed by atoms with Crippen LogP contribution in [-0.4, -0.2) is 61.0 Å². The van der Waals surface area contributed by atoms with E-state index in [0.717, 1.165) is 26.2 Å². The number of piperazine rings is 1. The molecule has 0 aromatic rings. The Hall–Kier alpha value is -0.610. The first-order chi connectivity index (χ1) is 7.00. The summed E-state index contributed by atoms with van der Waals surface area (Å²) in [6.45, 7) is 10.1. The second-order valence-corrected chi connectivity index (χ2v) is 4.68. The average molecular weight is 213 g/mol. The monoisotopic (exact) mass is 213 g/mol. The molecule has 1 aliphatic rings. The highest BCUT2D eigenvalue weighted by molar-refractivity contribution is 5.81. The molecule has 0 saturated carbocycles. The summed E-state index contributed by atoms with van der Waals surface area (Å²) in [6, 6.07) is 0.230. The van der Waals surface area contributed by atoms with Crippen molar-refractivity contribution in [2.75, 3.05) is 33.2 Å². The first-order valence-electron chi connectivity index (χ1n) is 5.73. The number of nitrogens with one attached hydrogen (secondary N) is 1. The van der Waals surface area contributed by atoms with Crippen molar-refractivity contribution in [3.8, 4) is 0 Å². The largest absolute Gasteiger partial charge is 0.353 e. The number of hydrogen-bond acceptors (Lipinski definition) is 3. The van der Waals surface area contributed by atoms with Gasteiger partial charge in [0.1, 0.15) is 0 Å². The Balaban J connectivity index is 2.39. The van der Waals surface area contributed by atoms with Crippen LogP contribution < -0.4 is 5.32 Å². The predicted octanol–water partition coefficient (Wildman–Crippen LogP) is 0.147. The lowest BCUT2D eigenvalue weighted by Crippen LogP contribution is -2.53. The highest BCUT2D eigenvalue weighted by atomic mass is 16.2. The lowest BCUT2D eigenvalue weighted by Gasteiger charge is -2.35. The second kappa shape index (κ2) is 5.47. The van der Waals surface area contributed by atoms with Crippen LogP contribution in [0.3, 0.4) is 0 Å². The Morgan fingerprint density at radius 3 is 2.13 bits per heavy atom. The van der Waals surface area contributed by atoms with Crippen molar-refractivity contribution in [3.63, 3.8) is 0 Å². The molecule has 0 aromatic carbocycles. The molecule has 1 saturated heterocycles. The Morgan fingerprint density at radius 2 is 1.67 bits per heavy atom. The topological polar surface area (TPSA) is 35.6 Å². The zero-order valence-electron chi connectivity index (χ0n) is 10.3. The van der Waals surface area contributed by atoms with E-state index in [1.165, 1.54) is 0 Å². The number of rotatable bonds is 3. The molecule has 15 heavy (non-hydrogen) atoms. The molecule has 4 nitrogen and oxygen atoms in total. The van der Waals surface area contributed by atoms with E-state index in [1.807, 2.05) is 20.8 Å². The molecule has 4 heteroatoms. The fourth-order valence-electron chi connectivity index (χ4n) is 1.78. The standard InChI is InChI=1S/C11H23N3O/c1-9(2)12-11(15)10(3)14-7-5-13(4)6-8-14/h9-10H,5-8H2,1-4H3,(H,12,15)/t10-/m1/s1. The molecular formula is C11H23N3O. The third-order valence-corrected chi connectivity index (χ3v) is 2.90. The van der Waals surface area contributed by atoms with Crippen LogP contribution in [0, 0.1) is 0 Å². The van der Waals surface area contributed by atoms with Crippen LogP contribution >= 0.6 is 0 Å². The van der Waals surface area contributed by atoms with E-state index in [0.29, 0.717) is 0 Å². The van der Waals surface area contributed by atoms with Crippen LogP contribution in [0.15, 0.2) is 0 Å². The molecule has 1 fully saturated rings. The van der Waals surface area contributed by atoms with Gasteiger partial charge in [-0.2, -0.15) is 0 Å². The van der Waals surface area contributed by atoms with Crippen LogP contribution in [-0.2, 0) is 4.79 Å². The van der Waals surface area contributed by atoms with Gasteiger partial charge in [-0.05, 0) is 27.8 Å². The quantitative estimate of drug-likeness (QED) is 0.725. The lowest BCUT2D eigenvalue weighted by atomic mass is 10.2. The number of amides is 1. The Bertz CT molecular complexity index is 210. The number of carbonyl (C=O) groups is 1. The highest BCUT2D eigenvalue weighted by Crippen LogP contribution is 2.05. The van der Waals surface area contributed by atoms with Gasteiger partial charge in [0.2, 0.25) is 5.91 Å². The van der Waals surface area contributed by atoms with Crippen LogP contribution in [0.4, 0.5) is 0 Å². The summed E-state index contributed by atoms with van der Waals surface area (Å²) in [5.74, 6) is 0.148. The fraction of sp³-hybridized carbons (Fsp3) is 0.909. The normalized spacial score (nSPS) is 21.7. The van der Waals surface area contributed by atoms with Gasteiger partial charge in [-0.3, -0.25) is 9.69 Å². The molecule has 1 atom stereocenters. The molecule has 0 bridgehead atoms. The molecular weight excluding hydrogens is 190 g/mol. The van der Waals surface area contributed by atoms with E-state index in [1.54, 1.807) is 0 Å². The molecule has 1 rings (SSSR count). The summed E-state index contributed by atoms with van der Waals surface area (Å²) in [6.07, 6.45) is 0. The molecule has 88 valence electrons. The minimum Gasteiger partial charge on any atom is -0.353 e. The minimum absolute atomic E-state index is 0.00102. The van der Waals surface area contributed by atoms with Crippen molar-refractivity contribution in [3.05, 3.63) is 0 Å². The van der Waals surface area contributed by atoms with Crippen molar-refractivity contribution < 1.29 is 4.79 Å². The van der Waals surface area contributed by atoms with Crippen molar-refractivity contribution in [2.24, 2.45) is 0 Å². The first kappa shape index (κ1) is 12.5. The maximum Gasteiger partial charge on any atom is 0.237 e. The molecule has 0 aliphatic carbocycles. The Labute approximate surface area is 92.6 Å². The lowest BCUT2D eigenvalue weighted by molar-refractivity contribution is -0.127. The van der Waals surface area contributed by atoms with E-state index >= 15 is 0 Å². The maximum atomic E-state index is 11.8. The van der Waals surface area contributed by atoms with Crippen molar-refractivity contribution >= 4 is 5.91 Å². The van der Waals surface area contributed by atoms with E-state index in [4.69, 9.17) is 0 Å². The SMILES string of the molecule is CC(C)NC(=O)[C@@H](C)N1CCN(C)CC1. The Kier molecular flexibility index (Phi) is 4.54. The molecule has 1 amide bonds. The summed E-state index contributed by atoms with van der Waals surface area (Å²) in [5, 5.41) is 2.96. The summed E-state index contributed by atoms with van der Waals surface area (Å²) in [7, 11) is 2.12. The van der Waals surface area contributed by atoms with Gasteiger partial charge in [-0.1, -0.05) is 0 Å². The van der Waals surface area contributed by atoms with Gasteiger partial charge in [0.15, 0.2) is 0 Å². The van der Waals surface area contributed by atoms with Gasteiger partial charge in [-0.15, -0.1) is 0 Å². The summed E-state index contributed by atoms with van der Waals surface area (Å²) in [5.41, 5.74) is 0. The zero-order chi connectivity index (χ0) is 11.4. The van der Waals surface area contributed by atoms with E-state index in [9.17, 15) is 4.79 Å². The van der Waals surface area contributed by atoms with E-state index < -0.39 is 0 Å². The third kappa shape index (κ3) is 3.80. The van der Waals surface area contributed by atoms with Gasteiger partial charge in [0.05, 0.1) is 6.04 Å². The predicted molar refractivity (Wildman–Crippen MR) is 61.8 cm³/mol. The summed E-state index contributed by atoms with van der Waals surface area (Å²) < 4.78 is 0. The second-order valence-electron chi connectivity index (χ2n) is 4.68. The number of nitrogens with zero attached hydrogens (tertiary/aromatic N) is 2. The van der Waals surface area contributed by atoms with Crippen LogP contribution in [0.2, 0.25) is 0 Å². The average Bonchev–Trinajstić information content (AvgIpc) is 2.17. The van der Waals surface area contributed by atoms with Gasteiger partial charge in [0, 0.05) is 32.2 Å². The third-order valence-electron chi connectivity index (χ3n) is 2.90. The van der Waals surface area contributed by atoms with Crippen LogP contribution in [0.25, 0.3) is 0 Å². The number of carbonyl (C=O) groups excluding carboxylic acids is 1. The highest BCUT2D eigenvalue weighted by Gasteiger charge is 2.24. The molecule has 0 spiro atoms. The molecule has 0 radical (unpaired) electrons. The molecule has 1 heterocycles. The van der Waals surface area contributed by atoms with Crippen molar-refractivity contribution in [2.45, 2.75) is 32.9 Å². The van der Waals surface area contributed by atoms with E-state index in [2.05, 4.69) is 22.2 Å².